The molecule has 0 atom stereocenters. The Morgan fingerprint density at radius 2 is 1.27 bits per heavy atom. The number of anilines is 2. The zero-order valence-electron chi connectivity index (χ0n) is 22.1. The fourth-order valence-corrected chi connectivity index (χ4v) is 5.49. The fraction of sp³-hybridized carbons (Fsp3) is 0.0857. The number of nitrogens with zero attached hydrogens (tertiary/aromatic N) is 1. The molecule has 0 bridgehead atoms. The number of carbonyl (C=O) groups is 2. The van der Waals surface area contributed by atoms with Gasteiger partial charge in [0.1, 0.15) is 0 Å². The summed E-state index contributed by atoms with van der Waals surface area (Å²) in [5.41, 5.74) is 7.70. The van der Waals surface area contributed by atoms with Gasteiger partial charge in [-0.15, -0.1) is 0 Å². The van der Waals surface area contributed by atoms with Crippen LogP contribution in [0.4, 0.5) is 11.4 Å². The Morgan fingerprint density at radius 3 is 1.93 bits per heavy atom. The molecule has 5 nitrogen and oxygen atoms in total. The molecule has 0 aromatic heterocycles. The molecular weight excluding hydrogens is 496 g/mol. The molecule has 5 aromatic carbocycles. The van der Waals surface area contributed by atoms with E-state index in [1.807, 2.05) is 78.9 Å². The van der Waals surface area contributed by atoms with Crippen molar-refractivity contribution in [3.8, 4) is 0 Å². The van der Waals surface area contributed by atoms with Crippen LogP contribution < -0.4 is 10.2 Å². The number of imide groups is 1. The van der Waals surface area contributed by atoms with Gasteiger partial charge in [-0.05, 0) is 65.1 Å². The van der Waals surface area contributed by atoms with E-state index >= 15 is 0 Å². The first-order valence-corrected chi connectivity index (χ1v) is 13.3. The van der Waals surface area contributed by atoms with Crippen LogP contribution in [0.5, 0.6) is 0 Å². The third kappa shape index (κ3) is 4.36. The third-order valence-electron chi connectivity index (χ3n) is 7.39. The van der Waals surface area contributed by atoms with Gasteiger partial charge in [0.15, 0.2) is 0 Å². The molecule has 2 amide bonds. The van der Waals surface area contributed by atoms with Gasteiger partial charge in [-0.2, -0.15) is 0 Å². The first-order chi connectivity index (χ1) is 19.6. The highest BCUT2D eigenvalue weighted by molar-refractivity contribution is 6.36. The van der Waals surface area contributed by atoms with Crippen LogP contribution in [0.15, 0.2) is 115 Å². The van der Waals surface area contributed by atoms with Crippen molar-refractivity contribution in [2.24, 2.45) is 0 Å². The summed E-state index contributed by atoms with van der Waals surface area (Å²) in [4.78, 5) is 28.7. The van der Waals surface area contributed by atoms with Gasteiger partial charge in [0.2, 0.25) is 0 Å². The average molecular weight is 525 g/mol. The van der Waals surface area contributed by atoms with Crippen molar-refractivity contribution >= 4 is 45.1 Å². The van der Waals surface area contributed by atoms with E-state index in [0.29, 0.717) is 28.7 Å². The number of amides is 2. The summed E-state index contributed by atoms with van der Waals surface area (Å²) in [6.45, 7) is 2.48. The van der Waals surface area contributed by atoms with E-state index in [1.165, 1.54) is 4.90 Å². The molecule has 5 aromatic rings. The van der Waals surface area contributed by atoms with Crippen LogP contribution in [0, 0.1) is 0 Å². The highest BCUT2D eigenvalue weighted by Gasteiger charge is 2.34. The lowest BCUT2D eigenvalue weighted by Gasteiger charge is -2.28. The largest absolute Gasteiger partial charge is 0.395 e. The second kappa shape index (κ2) is 10.6. The number of nitrogens with one attached hydrogen (secondary N) is 1. The number of hydrogen-bond acceptors (Lipinski definition) is 4. The summed E-state index contributed by atoms with van der Waals surface area (Å²) in [7, 11) is 0. The van der Waals surface area contributed by atoms with Crippen LogP contribution >= 0.6 is 0 Å². The zero-order chi connectivity index (χ0) is 27.6. The predicted molar refractivity (Wildman–Crippen MR) is 162 cm³/mol. The molecule has 1 heterocycles. The molecule has 1 aliphatic rings. The van der Waals surface area contributed by atoms with Gasteiger partial charge < -0.3 is 10.4 Å². The van der Waals surface area contributed by atoms with Crippen LogP contribution in [-0.4, -0.2) is 30.1 Å². The van der Waals surface area contributed by atoms with E-state index in [9.17, 15) is 14.7 Å². The molecule has 196 valence electrons. The molecule has 6 rings (SSSR count). The van der Waals surface area contributed by atoms with Gasteiger partial charge in [-0.25, -0.2) is 4.90 Å². The molecule has 0 unspecified atom stereocenters. The van der Waals surface area contributed by atoms with E-state index < -0.39 is 0 Å². The van der Waals surface area contributed by atoms with Crippen LogP contribution in [0.25, 0.3) is 21.9 Å². The van der Waals surface area contributed by atoms with Crippen molar-refractivity contribution in [2.45, 2.75) is 6.92 Å². The highest BCUT2D eigenvalue weighted by atomic mass is 16.3. The Morgan fingerprint density at radius 1 is 0.675 bits per heavy atom. The molecule has 2 N–H and O–H groups in total. The van der Waals surface area contributed by atoms with E-state index in [1.54, 1.807) is 12.1 Å². The van der Waals surface area contributed by atoms with Gasteiger partial charge in [0, 0.05) is 34.1 Å². The monoisotopic (exact) mass is 524 g/mol. The van der Waals surface area contributed by atoms with E-state index in [4.69, 9.17) is 0 Å². The highest BCUT2D eigenvalue weighted by Crippen LogP contribution is 2.37. The maximum Gasteiger partial charge on any atom is 0.265 e. The summed E-state index contributed by atoms with van der Waals surface area (Å²) in [6.07, 6.45) is 0. The first-order valence-electron chi connectivity index (χ1n) is 13.3. The fourth-order valence-electron chi connectivity index (χ4n) is 5.49. The van der Waals surface area contributed by atoms with Gasteiger partial charge >= 0.3 is 0 Å². The standard InChI is InChI=1S/C35H28N2O3/c1-23(24-9-4-2-5-10-24)32(25-11-6-3-7-12-25)26-15-17-27(18-16-26)37-34(39)29-14-8-13-28-31(36-21-22-38)20-19-30(33(28)29)35(37)40/h2-20,36,38H,21-22H2,1H3/b32-23+. The molecule has 0 saturated heterocycles. The van der Waals surface area contributed by atoms with Gasteiger partial charge in [0.25, 0.3) is 11.8 Å². The lowest BCUT2D eigenvalue weighted by Crippen LogP contribution is -2.40. The Hall–Kier alpha value is -5.00. The number of aliphatic hydroxyl groups excluding tert-OH is 1. The Bertz CT molecular complexity index is 1740. The van der Waals surface area contributed by atoms with Crippen molar-refractivity contribution < 1.29 is 14.7 Å². The van der Waals surface area contributed by atoms with Crippen LogP contribution in [0.3, 0.4) is 0 Å². The second-order valence-electron chi connectivity index (χ2n) is 9.76. The molecule has 0 radical (unpaired) electrons. The maximum absolute atomic E-state index is 13.7. The van der Waals surface area contributed by atoms with E-state index in [-0.39, 0.29) is 18.4 Å². The molecule has 0 saturated carbocycles. The Balaban J connectivity index is 1.41. The first kappa shape index (κ1) is 25.3. The third-order valence-corrected chi connectivity index (χ3v) is 7.39. The summed E-state index contributed by atoms with van der Waals surface area (Å²) < 4.78 is 0. The van der Waals surface area contributed by atoms with Gasteiger partial charge in [0.05, 0.1) is 12.3 Å². The molecular formula is C35H28N2O3. The van der Waals surface area contributed by atoms with Crippen molar-refractivity contribution in [3.05, 3.63) is 143 Å². The molecule has 0 fully saturated rings. The quantitative estimate of drug-likeness (QED) is 0.177. The van der Waals surface area contributed by atoms with Crippen LogP contribution in [0.2, 0.25) is 0 Å². The smallest absolute Gasteiger partial charge is 0.265 e. The minimum atomic E-state index is -0.352. The Labute approximate surface area is 233 Å². The minimum Gasteiger partial charge on any atom is -0.395 e. The summed E-state index contributed by atoms with van der Waals surface area (Å²) in [5.74, 6) is -0.705. The number of rotatable bonds is 7. The zero-order valence-corrected chi connectivity index (χ0v) is 22.1. The topological polar surface area (TPSA) is 69.6 Å². The second-order valence-corrected chi connectivity index (χ2v) is 9.76. The number of allylic oxidation sites excluding steroid dienone is 1. The summed E-state index contributed by atoms with van der Waals surface area (Å²) in [6, 6.07) is 37.2. The summed E-state index contributed by atoms with van der Waals surface area (Å²) in [5, 5.41) is 13.8. The number of hydrogen-bond donors (Lipinski definition) is 2. The molecule has 0 aliphatic carbocycles. The number of carbonyl (C=O) groups excluding carboxylic acids is 2. The van der Waals surface area contributed by atoms with E-state index in [2.05, 4.69) is 36.5 Å². The maximum atomic E-state index is 13.7. The lowest BCUT2D eigenvalue weighted by molar-refractivity contribution is 0.0893. The van der Waals surface area contributed by atoms with Gasteiger partial charge in [-0.1, -0.05) is 84.9 Å². The van der Waals surface area contributed by atoms with Crippen LogP contribution in [0.1, 0.15) is 44.3 Å². The summed E-state index contributed by atoms with van der Waals surface area (Å²) >= 11 is 0. The predicted octanol–water partition coefficient (Wildman–Crippen LogP) is 7.02. The van der Waals surface area contributed by atoms with Crippen LogP contribution in [-0.2, 0) is 0 Å². The Kier molecular flexibility index (Phi) is 6.72. The average Bonchev–Trinajstić information content (AvgIpc) is 3.01. The van der Waals surface area contributed by atoms with Crippen molar-refractivity contribution in [3.63, 3.8) is 0 Å². The lowest BCUT2D eigenvalue weighted by atomic mass is 9.90. The number of benzene rings is 5. The van der Waals surface area contributed by atoms with Gasteiger partial charge in [-0.3, -0.25) is 9.59 Å². The molecule has 1 aliphatic heterocycles. The normalized spacial score (nSPS) is 13.4. The SMILES string of the molecule is C/C(=C(/c1ccccc1)c1ccc(N2C(=O)c3cccc4c(NCCO)ccc(c34)C2=O)cc1)c1ccccc1. The molecule has 5 heteroatoms. The number of aliphatic hydroxyl groups is 1. The van der Waals surface area contributed by atoms with E-state index in [0.717, 1.165) is 38.9 Å². The van der Waals surface area contributed by atoms with Crippen molar-refractivity contribution in [1.29, 1.82) is 0 Å². The minimum absolute atomic E-state index is 0.0172. The molecule has 0 spiro atoms. The van der Waals surface area contributed by atoms with Crippen molar-refractivity contribution in [1.82, 2.24) is 0 Å². The van der Waals surface area contributed by atoms with Crippen molar-refractivity contribution in [2.75, 3.05) is 23.4 Å². The molecule has 40 heavy (non-hydrogen) atoms.